The molecule has 0 aromatic heterocycles. The standard InChI is InChI=1S/C21H27FN2O4/c1-3-9-24(14-17-8-5-10-28-17)19(26)13-21(12-18(25)23(2)20(21)27)15-6-4-7-16(22)11-15/h4,6-7,11,17H,3,5,8-10,12-14H2,1-2H3/t17-,21+/m0/s1. The van der Waals surface area contributed by atoms with Gasteiger partial charge < -0.3 is 9.64 Å². The van der Waals surface area contributed by atoms with Crippen LogP contribution in [0.2, 0.25) is 0 Å². The molecular weight excluding hydrogens is 363 g/mol. The smallest absolute Gasteiger partial charge is 0.240 e. The summed E-state index contributed by atoms with van der Waals surface area (Å²) in [4.78, 5) is 41.2. The second kappa shape index (κ2) is 8.39. The molecule has 0 bridgehead atoms. The number of nitrogens with zero attached hydrogens (tertiary/aromatic N) is 2. The molecule has 2 fully saturated rings. The van der Waals surface area contributed by atoms with E-state index in [1.807, 2.05) is 6.92 Å². The first-order valence-electron chi connectivity index (χ1n) is 9.84. The van der Waals surface area contributed by atoms with Crippen LogP contribution in [0.15, 0.2) is 24.3 Å². The Morgan fingerprint density at radius 3 is 2.75 bits per heavy atom. The monoisotopic (exact) mass is 390 g/mol. The Labute approximate surface area is 164 Å². The normalized spacial score (nSPS) is 24.8. The number of amides is 3. The molecule has 0 N–H and O–H groups in total. The van der Waals surface area contributed by atoms with E-state index >= 15 is 0 Å². The van der Waals surface area contributed by atoms with Gasteiger partial charge in [-0.2, -0.15) is 0 Å². The van der Waals surface area contributed by atoms with E-state index in [2.05, 4.69) is 0 Å². The van der Waals surface area contributed by atoms with E-state index in [9.17, 15) is 18.8 Å². The minimum atomic E-state index is -1.35. The zero-order chi connectivity index (χ0) is 20.3. The Hall–Kier alpha value is -2.28. The summed E-state index contributed by atoms with van der Waals surface area (Å²) in [6.07, 6.45) is 2.38. The van der Waals surface area contributed by atoms with E-state index in [1.54, 1.807) is 11.0 Å². The van der Waals surface area contributed by atoms with E-state index in [-0.39, 0.29) is 30.8 Å². The SMILES string of the molecule is CCCN(C[C@@H]1CCCO1)C(=O)C[C@@]1(c2cccc(F)c2)CC(=O)N(C)C1=O. The third-order valence-electron chi connectivity index (χ3n) is 5.67. The van der Waals surface area contributed by atoms with Crippen molar-refractivity contribution in [3.8, 4) is 0 Å². The lowest BCUT2D eigenvalue weighted by atomic mass is 9.75. The molecule has 7 heteroatoms. The van der Waals surface area contributed by atoms with Crippen molar-refractivity contribution >= 4 is 17.7 Å². The lowest BCUT2D eigenvalue weighted by Gasteiger charge is -2.31. The summed E-state index contributed by atoms with van der Waals surface area (Å²) in [5, 5.41) is 0. The van der Waals surface area contributed by atoms with E-state index in [0.717, 1.165) is 24.2 Å². The predicted molar refractivity (Wildman–Crippen MR) is 101 cm³/mol. The molecule has 28 heavy (non-hydrogen) atoms. The van der Waals surface area contributed by atoms with E-state index in [1.165, 1.54) is 25.2 Å². The number of likely N-dealkylation sites (N-methyl/N-ethyl adjacent to an activating group) is 1. The molecule has 0 radical (unpaired) electrons. The average Bonchev–Trinajstić information content (AvgIpc) is 3.25. The van der Waals surface area contributed by atoms with Gasteiger partial charge in [0.05, 0.1) is 11.5 Å². The summed E-state index contributed by atoms with van der Waals surface area (Å²) < 4.78 is 19.5. The molecule has 152 valence electrons. The van der Waals surface area contributed by atoms with Gasteiger partial charge in [0.2, 0.25) is 17.7 Å². The van der Waals surface area contributed by atoms with Crippen molar-refractivity contribution in [3.05, 3.63) is 35.6 Å². The Morgan fingerprint density at radius 2 is 2.18 bits per heavy atom. The maximum absolute atomic E-state index is 13.9. The van der Waals surface area contributed by atoms with Crippen molar-refractivity contribution < 1.29 is 23.5 Å². The first-order valence-corrected chi connectivity index (χ1v) is 9.84. The first-order chi connectivity index (χ1) is 13.4. The molecule has 0 spiro atoms. The largest absolute Gasteiger partial charge is 0.376 e. The lowest BCUT2D eigenvalue weighted by molar-refractivity contribution is -0.142. The van der Waals surface area contributed by atoms with Crippen molar-refractivity contribution in [3.63, 3.8) is 0 Å². The highest BCUT2D eigenvalue weighted by atomic mass is 19.1. The van der Waals surface area contributed by atoms with Gasteiger partial charge in [0, 0.05) is 39.6 Å². The van der Waals surface area contributed by atoms with Gasteiger partial charge in [-0.25, -0.2) is 4.39 Å². The third kappa shape index (κ3) is 3.94. The fourth-order valence-corrected chi connectivity index (χ4v) is 4.13. The van der Waals surface area contributed by atoms with Crippen LogP contribution in [0.3, 0.4) is 0 Å². The maximum atomic E-state index is 13.9. The molecule has 2 heterocycles. The molecular formula is C21H27FN2O4. The van der Waals surface area contributed by atoms with E-state index < -0.39 is 17.1 Å². The van der Waals surface area contributed by atoms with Gasteiger partial charge in [-0.1, -0.05) is 19.1 Å². The minimum absolute atomic E-state index is 0.00389. The van der Waals surface area contributed by atoms with Gasteiger partial charge in [0.25, 0.3) is 0 Å². The van der Waals surface area contributed by atoms with Gasteiger partial charge >= 0.3 is 0 Å². The van der Waals surface area contributed by atoms with Crippen LogP contribution in [0.4, 0.5) is 4.39 Å². The third-order valence-corrected chi connectivity index (χ3v) is 5.67. The van der Waals surface area contributed by atoms with Crippen LogP contribution in [-0.2, 0) is 24.5 Å². The Morgan fingerprint density at radius 1 is 1.39 bits per heavy atom. The number of rotatable bonds is 7. The van der Waals surface area contributed by atoms with Crippen LogP contribution < -0.4 is 0 Å². The molecule has 3 rings (SSSR count). The second-order valence-electron chi connectivity index (χ2n) is 7.68. The van der Waals surface area contributed by atoms with Crippen LogP contribution in [0, 0.1) is 5.82 Å². The van der Waals surface area contributed by atoms with Crippen molar-refractivity contribution in [1.82, 2.24) is 9.80 Å². The summed E-state index contributed by atoms with van der Waals surface area (Å²) in [6.45, 7) is 3.71. The van der Waals surface area contributed by atoms with Crippen LogP contribution >= 0.6 is 0 Å². The fraction of sp³-hybridized carbons (Fsp3) is 0.571. The number of carbonyl (C=O) groups excluding carboxylic acids is 3. The number of hydrogen-bond donors (Lipinski definition) is 0. The number of carbonyl (C=O) groups is 3. The molecule has 2 atom stereocenters. The van der Waals surface area contributed by atoms with Crippen LogP contribution in [0.1, 0.15) is 44.6 Å². The lowest BCUT2D eigenvalue weighted by Crippen LogP contribution is -2.45. The number of hydrogen-bond acceptors (Lipinski definition) is 4. The van der Waals surface area contributed by atoms with E-state index in [4.69, 9.17) is 4.74 Å². The highest BCUT2D eigenvalue weighted by Gasteiger charge is 2.53. The van der Waals surface area contributed by atoms with Crippen LogP contribution in [-0.4, -0.2) is 60.4 Å². The van der Waals surface area contributed by atoms with Crippen LogP contribution in [0.25, 0.3) is 0 Å². The van der Waals surface area contributed by atoms with E-state index in [0.29, 0.717) is 25.3 Å². The molecule has 0 unspecified atom stereocenters. The molecule has 2 saturated heterocycles. The Bertz CT molecular complexity index is 763. The van der Waals surface area contributed by atoms with Gasteiger partial charge in [-0.15, -0.1) is 0 Å². The van der Waals surface area contributed by atoms with Crippen molar-refractivity contribution in [2.75, 3.05) is 26.7 Å². The number of imide groups is 1. The summed E-state index contributed by atoms with van der Waals surface area (Å²) in [5.74, 6) is -1.52. The zero-order valence-corrected chi connectivity index (χ0v) is 16.4. The summed E-state index contributed by atoms with van der Waals surface area (Å²) in [7, 11) is 1.41. The molecule has 1 aromatic carbocycles. The summed E-state index contributed by atoms with van der Waals surface area (Å²) in [5.41, 5.74) is -0.981. The van der Waals surface area contributed by atoms with Crippen molar-refractivity contribution in [2.24, 2.45) is 0 Å². The maximum Gasteiger partial charge on any atom is 0.240 e. The summed E-state index contributed by atoms with van der Waals surface area (Å²) >= 11 is 0. The molecule has 2 aliphatic heterocycles. The topological polar surface area (TPSA) is 66.9 Å². The number of halogens is 1. The van der Waals surface area contributed by atoms with Gasteiger partial charge in [0.15, 0.2) is 0 Å². The van der Waals surface area contributed by atoms with Gasteiger partial charge in [-0.3, -0.25) is 19.3 Å². The average molecular weight is 390 g/mol. The molecule has 0 saturated carbocycles. The molecule has 2 aliphatic rings. The number of benzene rings is 1. The highest BCUT2D eigenvalue weighted by molar-refractivity contribution is 6.10. The molecule has 6 nitrogen and oxygen atoms in total. The predicted octanol–water partition coefficient (Wildman–Crippen LogP) is 2.26. The summed E-state index contributed by atoms with van der Waals surface area (Å²) in [6, 6.07) is 5.65. The van der Waals surface area contributed by atoms with Crippen molar-refractivity contribution in [1.29, 1.82) is 0 Å². The molecule has 1 aromatic rings. The van der Waals surface area contributed by atoms with Crippen molar-refractivity contribution in [2.45, 2.75) is 50.5 Å². The zero-order valence-electron chi connectivity index (χ0n) is 16.4. The highest BCUT2D eigenvalue weighted by Crippen LogP contribution is 2.40. The Balaban J connectivity index is 1.89. The molecule has 0 aliphatic carbocycles. The quantitative estimate of drug-likeness (QED) is 0.670. The second-order valence-corrected chi connectivity index (χ2v) is 7.68. The number of likely N-dealkylation sites (tertiary alicyclic amines) is 1. The number of ether oxygens (including phenoxy) is 1. The minimum Gasteiger partial charge on any atom is -0.376 e. The molecule has 3 amide bonds. The van der Waals surface area contributed by atoms with Gasteiger partial charge in [-0.05, 0) is 37.0 Å². The Kier molecular flexibility index (Phi) is 6.13. The van der Waals surface area contributed by atoms with Gasteiger partial charge in [0.1, 0.15) is 5.82 Å². The first kappa shape index (κ1) is 20.5. The fourth-order valence-electron chi connectivity index (χ4n) is 4.13. The van der Waals surface area contributed by atoms with Crippen LogP contribution in [0.5, 0.6) is 0 Å².